The zero-order valence-electron chi connectivity index (χ0n) is 9.74. The second-order valence-corrected chi connectivity index (χ2v) is 4.83. The predicted octanol–water partition coefficient (Wildman–Crippen LogP) is 2.48. The molecule has 0 amide bonds. The highest BCUT2D eigenvalue weighted by atomic mass is 32.1. The van der Waals surface area contributed by atoms with Gasteiger partial charge >= 0.3 is 0 Å². The molecule has 0 radical (unpaired) electrons. The van der Waals surface area contributed by atoms with Crippen LogP contribution >= 0.6 is 11.3 Å². The lowest BCUT2D eigenvalue weighted by atomic mass is 10.3. The molecule has 0 saturated carbocycles. The molecule has 18 heavy (non-hydrogen) atoms. The highest BCUT2D eigenvalue weighted by Crippen LogP contribution is 2.25. The molecule has 6 heteroatoms. The fourth-order valence-corrected chi connectivity index (χ4v) is 2.40. The van der Waals surface area contributed by atoms with Crippen LogP contribution in [0.15, 0.2) is 41.8 Å². The lowest BCUT2D eigenvalue weighted by Gasteiger charge is -1.90. The first-order chi connectivity index (χ1) is 8.81. The van der Waals surface area contributed by atoms with Gasteiger partial charge in [-0.2, -0.15) is 10.2 Å². The van der Waals surface area contributed by atoms with Crippen LogP contribution in [0.25, 0.3) is 10.2 Å². The second kappa shape index (κ2) is 4.58. The van der Waals surface area contributed by atoms with Crippen molar-refractivity contribution in [3.8, 4) is 0 Å². The van der Waals surface area contributed by atoms with Gasteiger partial charge in [0.2, 0.25) is 5.13 Å². The van der Waals surface area contributed by atoms with Gasteiger partial charge < -0.3 is 0 Å². The van der Waals surface area contributed by atoms with Crippen LogP contribution in [0.1, 0.15) is 5.56 Å². The van der Waals surface area contributed by atoms with Crippen molar-refractivity contribution in [2.24, 2.45) is 12.1 Å². The number of aromatic nitrogens is 3. The Balaban J connectivity index is 1.74. The van der Waals surface area contributed by atoms with E-state index in [9.17, 15) is 0 Å². The maximum Gasteiger partial charge on any atom is 0.204 e. The summed E-state index contributed by atoms with van der Waals surface area (Å²) in [4.78, 5) is 4.42. The Hall–Kier alpha value is -2.21. The Morgan fingerprint density at radius 2 is 2.28 bits per heavy atom. The van der Waals surface area contributed by atoms with Gasteiger partial charge in [-0.3, -0.25) is 10.1 Å². The van der Waals surface area contributed by atoms with Crippen molar-refractivity contribution in [1.82, 2.24) is 14.8 Å². The molecule has 0 atom stereocenters. The molecular formula is C12H11N5S. The summed E-state index contributed by atoms with van der Waals surface area (Å²) in [5, 5.41) is 8.99. The van der Waals surface area contributed by atoms with E-state index in [-0.39, 0.29) is 0 Å². The van der Waals surface area contributed by atoms with E-state index in [1.165, 1.54) is 0 Å². The Morgan fingerprint density at radius 3 is 3.06 bits per heavy atom. The number of fused-ring (bicyclic) bond motifs is 1. The zero-order valence-corrected chi connectivity index (χ0v) is 10.6. The van der Waals surface area contributed by atoms with Crippen molar-refractivity contribution >= 4 is 32.9 Å². The summed E-state index contributed by atoms with van der Waals surface area (Å²) in [6.45, 7) is 0. The largest absolute Gasteiger partial charge is 0.275 e. The molecule has 0 aliphatic heterocycles. The first kappa shape index (κ1) is 10.9. The Bertz CT molecular complexity index is 664. The van der Waals surface area contributed by atoms with Crippen LogP contribution < -0.4 is 5.43 Å². The molecule has 1 N–H and O–H groups in total. The summed E-state index contributed by atoms with van der Waals surface area (Å²) in [6.07, 6.45) is 5.37. The smallest absolute Gasteiger partial charge is 0.204 e. The number of para-hydroxylation sites is 1. The predicted molar refractivity (Wildman–Crippen MR) is 74.0 cm³/mol. The summed E-state index contributed by atoms with van der Waals surface area (Å²) in [6, 6.07) is 8.01. The van der Waals surface area contributed by atoms with Crippen LogP contribution in [0.3, 0.4) is 0 Å². The van der Waals surface area contributed by atoms with Crippen LogP contribution in [0.4, 0.5) is 5.13 Å². The summed E-state index contributed by atoms with van der Waals surface area (Å²) in [5.41, 5.74) is 4.87. The lowest BCUT2D eigenvalue weighted by Crippen LogP contribution is -1.88. The van der Waals surface area contributed by atoms with E-state index in [2.05, 4.69) is 20.6 Å². The van der Waals surface area contributed by atoms with Crippen molar-refractivity contribution < 1.29 is 0 Å². The average molecular weight is 257 g/mol. The number of anilines is 1. The minimum atomic E-state index is 0.788. The van der Waals surface area contributed by atoms with Gasteiger partial charge in [-0.1, -0.05) is 23.5 Å². The first-order valence-corrected chi connectivity index (χ1v) is 6.26. The SMILES string of the molecule is Cn1cc(C=NNc2nc3ccccc3s2)cn1. The Kier molecular flexibility index (Phi) is 2.77. The molecule has 3 rings (SSSR count). The number of nitrogens with one attached hydrogen (secondary N) is 1. The molecule has 0 aliphatic carbocycles. The van der Waals surface area contributed by atoms with Gasteiger partial charge in [0.25, 0.3) is 0 Å². The topological polar surface area (TPSA) is 55.1 Å². The number of thiazole rings is 1. The number of rotatable bonds is 3. The van der Waals surface area contributed by atoms with E-state index in [4.69, 9.17) is 0 Å². The summed E-state index contributed by atoms with van der Waals surface area (Å²) < 4.78 is 2.88. The summed E-state index contributed by atoms with van der Waals surface area (Å²) in [5.74, 6) is 0. The fraction of sp³-hybridized carbons (Fsp3) is 0.0833. The molecule has 0 unspecified atom stereocenters. The van der Waals surface area contributed by atoms with E-state index >= 15 is 0 Å². The van der Waals surface area contributed by atoms with Crippen molar-refractivity contribution in [1.29, 1.82) is 0 Å². The van der Waals surface area contributed by atoms with Crippen LogP contribution in [0.5, 0.6) is 0 Å². The average Bonchev–Trinajstić information content (AvgIpc) is 2.95. The molecule has 5 nitrogen and oxygen atoms in total. The fourth-order valence-electron chi connectivity index (χ4n) is 1.59. The number of hydrogen-bond donors (Lipinski definition) is 1. The third kappa shape index (κ3) is 2.23. The first-order valence-electron chi connectivity index (χ1n) is 5.44. The van der Waals surface area contributed by atoms with Crippen LogP contribution in [0, 0.1) is 0 Å². The van der Waals surface area contributed by atoms with E-state index in [0.29, 0.717) is 0 Å². The van der Waals surface area contributed by atoms with Crippen molar-refractivity contribution in [3.05, 3.63) is 42.2 Å². The maximum absolute atomic E-state index is 4.42. The third-order valence-corrected chi connectivity index (χ3v) is 3.33. The normalized spacial score (nSPS) is 11.4. The van der Waals surface area contributed by atoms with Crippen LogP contribution in [-0.2, 0) is 7.05 Å². The molecule has 2 aromatic heterocycles. The number of hydrazone groups is 1. The molecule has 90 valence electrons. The number of aryl methyl sites for hydroxylation is 1. The molecule has 0 bridgehead atoms. The summed E-state index contributed by atoms with van der Waals surface area (Å²) in [7, 11) is 1.87. The number of hydrogen-bond acceptors (Lipinski definition) is 5. The van der Waals surface area contributed by atoms with Crippen LogP contribution in [0.2, 0.25) is 0 Å². The van der Waals surface area contributed by atoms with E-state index < -0.39 is 0 Å². The van der Waals surface area contributed by atoms with Gasteiger partial charge in [-0.05, 0) is 12.1 Å². The molecule has 1 aromatic carbocycles. The zero-order chi connectivity index (χ0) is 12.4. The summed E-state index contributed by atoms with van der Waals surface area (Å²) >= 11 is 1.58. The van der Waals surface area contributed by atoms with Gasteiger partial charge in [0, 0.05) is 18.8 Å². The lowest BCUT2D eigenvalue weighted by molar-refractivity contribution is 0.767. The van der Waals surface area contributed by atoms with Gasteiger partial charge in [0.15, 0.2) is 0 Å². The van der Waals surface area contributed by atoms with E-state index in [1.54, 1.807) is 28.4 Å². The molecule has 0 fully saturated rings. The monoisotopic (exact) mass is 257 g/mol. The maximum atomic E-state index is 4.42. The van der Waals surface area contributed by atoms with Gasteiger partial charge in [-0.25, -0.2) is 4.98 Å². The van der Waals surface area contributed by atoms with E-state index in [1.807, 2.05) is 37.5 Å². The molecule has 0 spiro atoms. The highest BCUT2D eigenvalue weighted by molar-refractivity contribution is 7.22. The minimum absolute atomic E-state index is 0.788. The molecule has 3 aromatic rings. The number of nitrogens with zero attached hydrogens (tertiary/aromatic N) is 4. The molecule has 2 heterocycles. The van der Waals surface area contributed by atoms with Crippen LogP contribution in [-0.4, -0.2) is 21.0 Å². The van der Waals surface area contributed by atoms with Gasteiger partial charge in [0.05, 0.1) is 22.6 Å². The second-order valence-electron chi connectivity index (χ2n) is 3.80. The quantitative estimate of drug-likeness (QED) is 0.579. The number of benzene rings is 1. The Morgan fingerprint density at radius 1 is 1.39 bits per heavy atom. The van der Waals surface area contributed by atoms with Crippen molar-refractivity contribution in [2.45, 2.75) is 0 Å². The van der Waals surface area contributed by atoms with Crippen molar-refractivity contribution in [3.63, 3.8) is 0 Å². The minimum Gasteiger partial charge on any atom is -0.275 e. The molecular weight excluding hydrogens is 246 g/mol. The van der Waals surface area contributed by atoms with E-state index in [0.717, 1.165) is 20.9 Å². The van der Waals surface area contributed by atoms with Gasteiger partial charge in [-0.15, -0.1) is 0 Å². The molecule has 0 saturated heterocycles. The third-order valence-electron chi connectivity index (χ3n) is 2.39. The van der Waals surface area contributed by atoms with Crippen molar-refractivity contribution in [2.75, 3.05) is 5.43 Å². The highest BCUT2D eigenvalue weighted by Gasteiger charge is 2.00. The van der Waals surface area contributed by atoms with Gasteiger partial charge in [0.1, 0.15) is 0 Å². The Labute approximate surface area is 108 Å². The molecule has 0 aliphatic rings. The standard InChI is InChI=1S/C12H11N5S/c1-17-8-9(7-14-17)6-13-16-12-15-10-4-2-3-5-11(10)18-12/h2-8H,1H3,(H,15,16).